The molecule has 0 saturated carbocycles. The Bertz CT molecular complexity index is 379. The predicted octanol–water partition coefficient (Wildman–Crippen LogP) is 3.00. The van der Waals surface area contributed by atoms with E-state index in [-0.39, 0.29) is 17.2 Å². The highest BCUT2D eigenvalue weighted by molar-refractivity contribution is 9.09. The molecular weight excluding hydrogens is 310 g/mol. The molecule has 2 atom stereocenters. The summed E-state index contributed by atoms with van der Waals surface area (Å²) in [6.07, 6.45) is 3.08. The van der Waals surface area contributed by atoms with Gasteiger partial charge in [-0.25, -0.2) is 0 Å². The molecule has 0 aliphatic carbocycles. The summed E-state index contributed by atoms with van der Waals surface area (Å²) in [5.41, 5.74) is 1.27. The number of carbonyl (C=O) groups is 1. The minimum absolute atomic E-state index is 0.169. The van der Waals surface area contributed by atoms with Crippen molar-refractivity contribution in [3.8, 4) is 0 Å². The van der Waals surface area contributed by atoms with Gasteiger partial charge in [-0.05, 0) is 30.6 Å². The molecule has 1 aliphatic rings. The molecule has 2 unspecified atom stereocenters. The quantitative estimate of drug-likeness (QED) is 0.842. The van der Waals surface area contributed by atoms with E-state index in [2.05, 4.69) is 33.4 Å². The Hall–Kier alpha value is -0.480. The molecule has 1 aromatic carbocycles. The van der Waals surface area contributed by atoms with Gasteiger partial charge in [0.15, 0.2) is 0 Å². The molecule has 1 aliphatic heterocycles. The number of rotatable bonds is 5. The molecule has 1 saturated heterocycles. The first-order valence-corrected chi connectivity index (χ1v) is 8.48. The van der Waals surface area contributed by atoms with Crippen LogP contribution < -0.4 is 5.32 Å². The fourth-order valence-corrected chi connectivity index (χ4v) is 3.68. The van der Waals surface area contributed by atoms with Gasteiger partial charge in [0.2, 0.25) is 5.91 Å². The summed E-state index contributed by atoms with van der Waals surface area (Å²) in [4.78, 5) is 12.1. The maximum atomic E-state index is 12.1. The van der Waals surface area contributed by atoms with E-state index >= 15 is 0 Å². The molecule has 2 nitrogen and oxygen atoms in total. The fourth-order valence-electron chi connectivity index (χ4n) is 2.12. The number of halogens is 1. The molecular formula is C14H18BrNOS. The van der Waals surface area contributed by atoms with Crippen molar-refractivity contribution in [3.63, 3.8) is 0 Å². The third-order valence-corrected chi connectivity index (χ3v) is 5.24. The molecule has 98 valence electrons. The van der Waals surface area contributed by atoms with Crippen molar-refractivity contribution < 1.29 is 4.79 Å². The van der Waals surface area contributed by atoms with Crippen LogP contribution in [-0.4, -0.2) is 28.3 Å². The highest BCUT2D eigenvalue weighted by atomic mass is 79.9. The van der Waals surface area contributed by atoms with Gasteiger partial charge in [0.25, 0.3) is 0 Å². The molecule has 1 N–H and O–H groups in total. The third-order valence-electron chi connectivity index (χ3n) is 3.08. The Kier molecular flexibility index (Phi) is 5.57. The molecule has 2 rings (SSSR count). The van der Waals surface area contributed by atoms with Crippen molar-refractivity contribution in [2.75, 3.05) is 11.1 Å². The zero-order valence-corrected chi connectivity index (χ0v) is 12.7. The van der Waals surface area contributed by atoms with Gasteiger partial charge in [-0.1, -0.05) is 46.3 Å². The van der Waals surface area contributed by atoms with Gasteiger partial charge in [0.1, 0.15) is 0 Å². The van der Waals surface area contributed by atoms with Gasteiger partial charge in [-0.2, -0.15) is 0 Å². The first-order chi connectivity index (χ1) is 8.79. The fraction of sp³-hybridized carbons (Fsp3) is 0.500. The van der Waals surface area contributed by atoms with E-state index in [0.717, 1.165) is 23.9 Å². The summed E-state index contributed by atoms with van der Waals surface area (Å²) < 4.78 is 0. The smallest absolute Gasteiger partial charge is 0.233 e. The summed E-state index contributed by atoms with van der Waals surface area (Å²) in [5.74, 6) is 1.33. The second-order valence-corrected chi connectivity index (χ2v) is 6.51. The summed E-state index contributed by atoms with van der Waals surface area (Å²) in [7, 11) is 0. The Balaban J connectivity index is 1.87. The monoisotopic (exact) mass is 327 g/mol. The van der Waals surface area contributed by atoms with Gasteiger partial charge in [-0.3, -0.25) is 4.79 Å². The van der Waals surface area contributed by atoms with Crippen LogP contribution in [0.5, 0.6) is 0 Å². The number of carbonyl (C=O) groups excluding carboxylic acids is 1. The van der Waals surface area contributed by atoms with Crippen molar-refractivity contribution in [1.29, 1.82) is 0 Å². The zero-order valence-electron chi connectivity index (χ0n) is 10.3. The van der Waals surface area contributed by atoms with E-state index in [9.17, 15) is 4.79 Å². The van der Waals surface area contributed by atoms with Crippen LogP contribution >= 0.6 is 27.7 Å². The second kappa shape index (κ2) is 7.19. The molecule has 1 amide bonds. The molecule has 0 aromatic heterocycles. The molecule has 1 aromatic rings. The Morgan fingerprint density at radius 3 is 2.83 bits per heavy atom. The number of hydrogen-bond donors (Lipinski definition) is 1. The van der Waals surface area contributed by atoms with Gasteiger partial charge < -0.3 is 5.32 Å². The van der Waals surface area contributed by atoms with Crippen molar-refractivity contribution in [2.24, 2.45) is 0 Å². The lowest BCUT2D eigenvalue weighted by molar-refractivity contribution is -0.121. The minimum atomic E-state index is 0.169. The molecule has 0 spiro atoms. The maximum absolute atomic E-state index is 12.1. The van der Waals surface area contributed by atoms with Crippen LogP contribution in [0.2, 0.25) is 0 Å². The number of hydrogen-bond acceptors (Lipinski definition) is 2. The largest absolute Gasteiger partial charge is 0.351 e. The molecule has 1 fully saturated rings. The van der Waals surface area contributed by atoms with Crippen molar-refractivity contribution in [1.82, 2.24) is 5.32 Å². The van der Waals surface area contributed by atoms with E-state index < -0.39 is 0 Å². The number of alkyl halides is 1. The summed E-state index contributed by atoms with van der Waals surface area (Å²) >= 11 is 5.27. The summed E-state index contributed by atoms with van der Waals surface area (Å²) in [5, 5.41) is 4.12. The van der Waals surface area contributed by atoms with Gasteiger partial charge >= 0.3 is 0 Å². The normalized spacial score (nSPS) is 20.6. The van der Waals surface area contributed by atoms with Crippen LogP contribution in [-0.2, 0) is 11.2 Å². The predicted molar refractivity (Wildman–Crippen MR) is 81.4 cm³/mol. The summed E-state index contributed by atoms with van der Waals surface area (Å²) in [6, 6.07) is 10.5. The molecule has 18 heavy (non-hydrogen) atoms. The van der Waals surface area contributed by atoms with Crippen molar-refractivity contribution in [2.45, 2.75) is 30.6 Å². The SMILES string of the molecule is O=C(NC(CBr)Cc1ccccc1)C1CCCS1. The lowest BCUT2D eigenvalue weighted by atomic mass is 10.1. The third kappa shape index (κ3) is 4.02. The highest BCUT2D eigenvalue weighted by Crippen LogP contribution is 2.26. The molecule has 0 bridgehead atoms. The second-order valence-electron chi connectivity index (χ2n) is 4.55. The lowest BCUT2D eigenvalue weighted by Crippen LogP contribution is -2.41. The average molecular weight is 328 g/mol. The van der Waals surface area contributed by atoms with E-state index in [0.29, 0.717) is 0 Å². The standard InChI is InChI=1S/C14H18BrNOS/c15-10-12(9-11-5-2-1-3-6-11)16-14(17)13-7-4-8-18-13/h1-3,5-6,12-13H,4,7-10H2,(H,16,17). The first-order valence-electron chi connectivity index (χ1n) is 6.31. The Labute approximate surface area is 121 Å². The number of nitrogens with one attached hydrogen (secondary N) is 1. The highest BCUT2D eigenvalue weighted by Gasteiger charge is 2.24. The number of amides is 1. The summed E-state index contributed by atoms with van der Waals surface area (Å²) in [6.45, 7) is 0. The topological polar surface area (TPSA) is 29.1 Å². The van der Waals surface area contributed by atoms with Gasteiger partial charge in [0, 0.05) is 11.4 Å². The van der Waals surface area contributed by atoms with Crippen LogP contribution in [0.3, 0.4) is 0 Å². The number of thioether (sulfide) groups is 1. The van der Waals surface area contributed by atoms with Crippen LogP contribution in [0.1, 0.15) is 18.4 Å². The molecule has 0 radical (unpaired) electrons. The molecule has 4 heteroatoms. The van der Waals surface area contributed by atoms with Crippen LogP contribution in [0.25, 0.3) is 0 Å². The maximum Gasteiger partial charge on any atom is 0.233 e. The van der Waals surface area contributed by atoms with Gasteiger partial charge in [0.05, 0.1) is 5.25 Å². The van der Waals surface area contributed by atoms with Crippen LogP contribution in [0.15, 0.2) is 30.3 Å². The first kappa shape index (κ1) is 13.9. The minimum Gasteiger partial charge on any atom is -0.351 e. The van der Waals surface area contributed by atoms with Crippen LogP contribution in [0, 0.1) is 0 Å². The Morgan fingerprint density at radius 1 is 1.44 bits per heavy atom. The molecule has 1 heterocycles. The van der Waals surface area contributed by atoms with E-state index in [1.165, 1.54) is 12.0 Å². The lowest BCUT2D eigenvalue weighted by Gasteiger charge is -2.18. The van der Waals surface area contributed by atoms with E-state index in [1.54, 1.807) is 11.8 Å². The van der Waals surface area contributed by atoms with E-state index in [1.807, 2.05) is 18.2 Å². The average Bonchev–Trinajstić information content (AvgIpc) is 2.93. The van der Waals surface area contributed by atoms with Crippen molar-refractivity contribution >= 4 is 33.6 Å². The van der Waals surface area contributed by atoms with Crippen molar-refractivity contribution in [3.05, 3.63) is 35.9 Å². The van der Waals surface area contributed by atoms with Crippen LogP contribution in [0.4, 0.5) is 0 Å². The Morgan fingerprint density at radius 2 is 2.22 bits per heavy atom. The van der Waals surface area contributed by atoms with E-state index in [4.69, 9.17) is 0 Å². The van der Waals surface area contributed by atoms with Gasteiger partial charge in [-0.15, -0.1) is 11.8 Å². The zero-order chi connectivity index (χ0) is 12.8. The number of benzene rings is 1.